The normalized spacial score (nSPS) is 17.8. The van der Waals surface area contributed by atoms with Crippen LogP contribution in [-0.2, 0) is 15.9 Å². The van der Waals surface area contributed by atoms with Crippen LogP contribution in [0.2, 0.25) is 0 Å². The van der Waals surface area contributed by atoms with Crippen LogP contribution in [0.1, 0.15) is 29.4 Å². The Morgan fingerprint density at radius 2 is 2.36 bits per heavy atom. The SMILES string of the molecule is CCOc1cc2nc(CC3CCOC3)cn2cc1C(=O)OC. The van der Waals surface area contributed by atoms with Crippen LogP contribution < -0.4 is 4.74 Å². The molecular formula is C16H20N2O4. The molecule has 2 aromatic rings. The molecule has 3 heterocycles. The second-order valence-electron chi connectivity index (χ2n) is 5.41. The molecule has 0 radical (unpaired) electrons. The zero-order chi connectivity index (χ0) is 15.5. The van der Waals surface area contributed by atoms with E-state index in [0.29, 0.717) is 23.8 Å². The molecule has 0 amide bonds. The number of hydrogen-bond donors (Lipinski definition) is 0. The largest absolute Gasteiger partial charge is 0.493 e. The summed E-state index contributed by atoms with van der Waals surface area (Å²) in [5.41, 5.74) is 2.18. The average Bonchev–Trinajstić information content (AvgIpc) is 3.15. The number of fused-ring (bicyclic) bond motifs is 1. The van der Waals surface area contributed by atoms with Crippen molar-refractivity contribution >= 4 is 11.6 Å². The van der Waals surface area contributed by atoms with Gasteiger partial charge in [-0.15, -0.1) is 0 Å². The van der Waals surface area contributed by atoms with Gasteiger partial charge in [-0.25, -0.2) is 9.78 Å². The van der Waals surface area contributed by atoms with Crippen LogP contribution in [0.4, 0.5) is 0 Å². The first-order chi connectivity index (χ1) is 10.7. The van der Waals surface area contributed by atoms with Gasteiger partial charge in [0, 0.05) is 31.7 Å². The lowest BCUT2D eigenvalue weighted by molar-refractivity contribution is 0.0595. The second-order valence-corrected chi connectivity index (χ2v) is 5.41. The van der Waals surface area contributed by atoms with E-state index in [2.05, 4.69) is 4.98 Å². The van der Waals surface area contributed by atoms with E-state index in [4.69, 9.17) is 14.2 Å². The summed E-state index contributed by atoms with van der Waals surface area (Å²) in [6, 6.07) is 1.78. The van der Waals surface area contributed by atoms with Gasteiger partial charge in [-0.2, -0.15) is 0 Å². The maximum absolute atomic E-state index is 11.9. The third-order valence-electron chi connectivity index (χ3n) is 3.83. The van der Waals surface area contributed by atoms with Crippen molar-refractivity contribution in [2.75, 3.05) is 26.9 Å². The fourth-order valence-corrected chi connectivity index (χ4v) is 2.74. The van der Waals surface area contributed by atoms with Gasteiger partial charge in [-0.3, -0.25) is 0 Å². The van der Waals surface area contributed by atoms with Crippen LogP contribution in [0.5, 0.6) is 5.75 Å². The second kappa shape index (κ2) is 6.36. The van der Waals surface area contributed by atoms with E-state index >= 15 is 0 Å². The number of aromatic nitrogens is 2. The van der Waals surface area contributed by atoms with E-state index in [1.807, 2.05) is 17.5 Å². The fraction of sp³-hybridized carbons (Fsp3) is 0.500. The maximum atomic E-state index is 11.9. The molecule has 2 aromatic heterocycles. The number of ether oxygens (including phenoxy) is 3. The third kappa shape index (κ3) is 2.92. The van der Waals surface area contributed by atoms with Gasteiger partial charge in [0.25, 0.3) is 0 Å². The number of esters is 1. The molecule has 1 unspecified atom stereocenters. The molecule has 0 N–H and O–H groups in total. The maximum Gasteiger partial charge on any atom is 0.343 e. The van der Waals surface area contributed by atoms with Crippen LogP contribution >= 0.6 is 0 Å². The molecule has 0 saturated carbocycles. The lowest BCUT2D eigenvalue weighted by Crippen LogP contribution is -2.07. The number of nitrogens with zero attached hydrogens (tertiary/aromatic N) is 2. The van der Waals surface area contributed by atoms with Crippen LogP contribution in [0.15, 0.2) is 18.5 Å². The van der Waals surface area contributed by atoms with Crippen molar-refractivity contribution in [2.45, 2.75) is 19.8 Å². The summed E-state index contributed by atoms with van der Waals surface area (Å²) in [6.07, 6.45) is 5.63. The van der Waals surface area contributed by atoms with Gasteiger partial charge in [0.15, 0.2) is 0 Å². The van der Waals surface area contributed by atoms with Crippen molar-refractivity contribution in [3.05, 3.63) is 29.7 Å². The Balaban J connectivity index is 1.94. The van der Waals surface area contributed by atoms with Gasteiger partial charge in [0.2, 0.25) is 0 Å². The summed E-state index contributed by atoms with van der Waals surface area (Å²) in [6.45, 7) is 3.99. The van der Waals surface area contributed by atoms with Crippen molar-refractivity contribution < 1.29 is 19.0 Å². The smallest absolute Gasteiger partial charge is 0.343 e. The summed E-state index contributed by atoms with van der Waals surface area (Å²) in [5.74, 6) is 0.615. The van der Waals surface area contributed by atoms with Gasteiger partial charge in [-0.1, -0.05) is 0 Å². The highest BCUT2D eigenvalue weighted by Crippen LogP contribution is 2.24. The number of methoxy groups -OCH3 is 1. The molecule has 0 aromatic carbocycles. The van der Waals surface area contributed by atoms with Gasteiger partial charge < -0.3 is 18.6 Å². The molecule has 1 aliphatic rings. The summed E-state index contributed by atoms with van der Waals surface area (Å²) in [4.78, 5) is 16.5. The molecule has 118 valence electrons. The van der Waals surface area contributed by atoms with Gasteiger partial charge >= 0.3 is 5.97 Å². The van der Waals surface area contributed by atoms with E-state index in [9.17, 15) is 4.79 Å². The molecule has 3 rings (SSSR count). The minimum Gasteiger partial charge on any atom is -0.493 e. The number of hydrogen-bond acceptors (Lipinski definition) is 5. The number of carbonyl (C=O) groups excluding carboxylic acids is 1. The number of rotatable bonds is 5. The molecule has 22 heavy (non-hydrogen) atoms. The standard InChI is InChI=1S/C16H20N2O4/c1-3-22-14-7-15-17-12(6-11-4-5-21-10-11)8-18(15)9-13(14)16(19)20-2/h7-9,11H,3-6,10H2,1-2H3. The van der Waals surface area contributed by atoms with Crippen molar-refractivity contribution in [1.29, 1.82) is 0 Å². The molecule has 6 nitrogen and oxygen atoms in total. The lowest BCUT2D eigenvalue weighted by Gasteiger charge is -2.09. The van der Waals surface area contributed by atoms with E-state index in [-0.39, 0.29) is 0 Å². The zero-order valence-corrected chi connectivity index (χ0v) is 12.9. The summed E-state index contributed by atoms with van der Waals surface area (Å²) < 4.78 is 17.6. The lowest BCUT2D eigenvalue weighted by atomic mass is 10.0. The monoisotopic (exact) mass is 304 g/mol. The van der Waals surface area contributed by atoms with Crippen LogP contribution in [-0.4, -0.2) is 42.3 Å². The third-order valence-corrected chi connectivity index (χ3v) is 3.83. The molecule has 1 saturated heterocycles. The predicted octanol–water partition coefficient (Wildman–Crippen LogP) is 2.10. The molecule has 0 bridgehead atoms. The Labute approximate surface area is 129 Å². The quantitative estimate of drug-likeness (QED) is 0.792. The predicted molar refractivity (Wildman–Crippen MR) is 80.3 cm³/mol. The van der Waals surface area contributed by atoms with Crippen molar-refractivity contribution in [3.8, 4) is 5.75 Å². The van der Waals surface area contributed by atoms with Crippen LogP contribution in [0, 0.1) is 5.92 Å². The van der Waals surface area contributed by atoms with Gasteiger partial charge in [0.05, 0.1) is 19.4 Å². The Hall–Kier alpha value is -2.08. The van der Waals surface area contributed by atoms with Crippen molar-refractivity contribution in [3.63, 3.8) is 0 Å². The Bertz CT molecular complexity index is 674. The number of imidazole rings is 1. The minimum absolute atomic E-state index is 0.407. The number of carbonyl (C=O) groups is 1. The molecule has 1 atom stereocenters. The van der Waals surface area contributed by atoms with E-state index < -0.39 is 5.97 Å². The van der Waals surface area contributed by atoms with Crippen molar-refractivity contribution in [1.82, 2.24) is 9.38 Å². The zero-order valence-electron chi connectivity index (χ0n) is 12.9. The summed E-state index contributed by atoms with van der Waals surface area (Å²) in [7, 11) is 1.36. The highest BCUT2D eigenvalue weighted by Gasteiger charge is 2.19. The highest BCUT2D eigenvalue weighted by atomic mass is 16.5. The first kappa shape index (κ1) is 14.8. The number of pyridine rings is 1. The topological polar surface area (TPSA) is 62.1 Å². The molecular weight excluding hydrogens is 284 g/mol. The molecule has 6 heteroatoms. The van der Waals surface area contributed by atoms with E-state index in [1.165, 1.54) is 7.11 Å². The first-order valence-electron chi connectivity index (χ1n) is 7.51. The Morgan fingerprint density at radius 1 is 1.50 bits per heavy atom. The first-order valence-corrected chi connectivity index (χ1v) is 7.51. The Kier molecular flexibility index (Phi) is 4.29. The minimum atomic E-state index is -0.412. The van der Waals surface area contributed by atoms with Gasteiger partial charge in [-0.05, 0) is 25.7 Å². The van der Waals surface area contributed by atoms with E-state index in [1.54, 1.807) is 12.3 Å². The summed E-state index contributed by atoms with van der Waals surface area (Å²) in [5, 5.41) is 0. The van der Waals surface area contributed by atoms with Crippen LogP contribution in [0.25, 0.3) is 5.65 Å². The van der Waals surface area contributed by atoms with Crippen molar-refractivity contribution in [2.24, 2.45) is 5.92 Å². The van der Waals surface area contributed by atoms with E-state index in [0.717, 1.165) is 37.4 Å². The molecule has 0 aliphatic carbocycles. The molecule has 1 aliphatic heterocycles. The highest BCUT2D eigenvalue weighted by molar-refractivity contribution is 5.92. The Morgan fingerprint density at radius 3 is 3.05 bits per heavy atom. The summed E-state index contributed by atoms with van der Waals surface area (Å²) >= 11 is 0. The van der Waals surface area contributed by atoms with Crippen LogP contribution in [0.3, 0.4) is 0 Å². The molecule has 0 spiro atoms. The molecule has 1 fully saturated rings. The fourth-order valence-electron chi connectivity index (χ4n) is 2.74. The van der Waals surface area contributed by atoms with Gasteiger partial charge in [0.1, 0.15) is 17.0 Å². The average molecular weight is 304 g/mol.